The highest BCUT2D eigenvalue weighted by Gasteiger charge is 2.17. The van der Waals surface area contributed by atoms with Gasteiger partial charge in [-0.2, -0.15) is 0 Å². The number of hydrogen-bond acceptors (Lipinski definition) is 2. The van der Waals surface area contributed by atoms with Crippen molar-refractivity contribution in [1.29, 1.82) is 0 Å². The zero-order valence-corrected chi connectivity index (χ0v) is 12.8. The van der Waals surface area contributed by atoms with E-state index in [-0.39, 0.29) is 11.9 Å². The van der Waals surface area contributed by atoms with Crippen molar-refractivity contribution < 1.29 is 4.79 Å². The Bertz CT molecular complexity index is 393. The molecular weight excluding hydrogens is 292 g/mol. The molecule has 0 heterocycles. The predicted molar refractivity (Wildman–Crippen MR) is 78.3 cm³/mol. The van der Waals surface area contributed by atoms with Crippen molar-refractivity contribution in [3.05, 3.63) is 34.3 Å². The highest BCUT2D eigenvalue weighted by molar-refractivity contribution is 9.10. The van der Waals surface area contributed by atoms with E-state index in [1.165, 1.54) is 0 Å². The highest BCUT2D eigenvalue weighted by Crippen LogP contribution is 2.16. The van der Waals surface area contributed by atoms with Gasteiger partial charge in [0.15, 0.2) is 0 Å². The van der Waals surface area contributed by atoms with Crippen LogP contribution in [-0.4, -0.2) is 19.0 Å². The molecule has 0 aliphatic carbocycles. The minimum absolute atomic E-state index is 0.0516. The van der Waals surface area contributed by atoms with Gasteiger partial charge in [0, 0.05) is 18.1 Å². The predicted octanol–water partition coefficient (Wildman–Crippen LogP) is 2.70. The molecule has 0 aliphatic rings. The summed E-state index contributed by atoms with van der Waals surface area (Å²) in [5, 5.41) is 6.03. The summed E-state index contributed by atoms with van der Waals surface area (Å²) in [6.07, 6.45) is 0.837. The molecule has 1 aromatic rings. The lowest BCUT2D eigenvalue weighted by molar-refractivity contribution is -0.123. The molecule has 0 aliphatic heterocycles. The lowest BCUT2D eigenvalue weighted by Crippen LogP contribution is -2.43. The third-order valence-electron chi connectivity index (χ3n) is 2.77. The van der Waals surface area contributed by atoms with Crippen molar-refractivity contribution in [2.24, 2.45) is 5.92 Å². The van der Waals surface area contributed by atoms with Crippen LogP contribution in [0.1, 0.15) is 25.8 Å². The first-order valence-corrected chi connectivity index (χ1v) is 7.02. The Morgan fingerprint density at radius 3 is 2.56 bits per heavy atom. The third kappa shape index (κ3) is 4.78. The summed E-state index contributed by atoms with van der Waals surface area (Å²) in [7, 11) is 1.68. The molecule has 0 saturated carbocycles. The molecule has 0 radical (unpaired) electrons. The zero-order valence-electron chi connectivity index (χ0n) is 11.2. The number of benzene rings is 1. The van der Waals surface area contributed by atoms with E-state index in [2.05, 4.69) is 40.4 Å². The molecule has 0 bridgehead atoms. The Morgan fingerprint density at radius 2 is 2.00 bits per heavy atom. The van der Waals surface area contributed by atoms with E-state index in [0.717, 1.165) is 16.5 Å². The van der Waals surface area contributed by atoms with Crippen LogP contribution in [0.15, 0.2) is 28.7 Å². The van der Waals surface area contributed by atoms with Gasteiger partial charge in [-0.3, -0.25) is 4.79 Å². The van der Waals surface area contributed by atoms with Gasteiger partial charge in [-0.1, -0.05) is 48.0 Å². The van der Waals surface area contributed by atoms with Crippen LogP contribution in [0.2, 0.25) is 0 Å². The Kier molecular flexibility index (Phi) is 6.36. The maximum atomic E-state index is 11.8. The van der Waals surface area contributed by atoms with Gasteiger partial charge in [-0.25, -0.2) is 0 Å². The van der Waals surface area contributed by atoms with Crippen molar-refractivity contribution >= 4 is 21.8 Å². The maximum absolute atomic E-state index is 11.8. The first kappa shape index (κ1) is 15.2. The number of hydrogen-bond donors (Lipinski definition) is 2. The van der Waals surface area contributed by atoms with Gasteiger partial charge in [0.05, 0.1) is 6.04 Å². The number of rotatable bonds is 6. The number of carbonyl (C=O) groups is 1. The van der Waals surface area contributed by atoms with E-state index in [1.807, 2.05) is 24.3 Å². The highest BCUT2D eigenvalue weighted by atomic mass is 79.9. The van der Waals surface area contributed by atoms with E-state index in [9.17, 15) is 4.79 Å². The van der Waals surface area contributed by atoms with Crippen LogP contribution in [0.4, 0.5) is 0 Å². The summed E-state index contributed by atoms with van der Waals surface area (Å²) in [5.74, 6) is 0.537. The summed E-state index contributed by atoms with van der Waals surface area (Å²) < 4.78 is 1.07. The smallest absolute Gasteiger partial charge is 0.236 e. The summed E-state index contributed by atoms with van der Waals surface area (Å²) in [6.45, 7) is 4.93. The molecule has 100 valence electrons. The van der Waals surface area contributed by atoms with Gasteiger partial charge < -0.3 is 10.6 Å². The molecule has 1 amide bonds. The van der Waals surface area contributed by atoms with Crippen LogP contribution >= 0.6 is 15.9 Å². The topological polar surface area (TPSA) is 41.1 Å². The second kappa shape index (κ2) is 7.54. The number of likely N-dealkylation sites (N-methyl/N-ethyl adjacent to an activating group) is 1. The standard InChI is InChI=1S/C14H21BrN2O/c1-10(2)8-13(14(18)16-3)17-9-11-6-4-5-7-12(11)15/h4-7,10,13,17H,8-9H2,1-3H3,(H,16,18). The summed E-state index contributed by atoms with van der Waals surface area (Å²) in [6, 6.07) is 7.90. The second-order valence-corrected chi connectivity index (χ2v) is 5.62. The Balaban J connectivity index is 2.62. The molecule has 2 N–H and O–H groups in total. The largest absolute Gasteiger partial charge is 0.358 e. The fraction of sp³-hybridized carbons (Fsp3) is 0.500. The van der Waals surface area contributed by atoms with Gasteiger partial charge in [-0.15, -0.1) is 0 Å². The summed E-state index contributed by atoms with van der Waals surface area (Å²) in [5.41, 5.74) is 1.16. The quantitative estimate of drug-likeness (QED) is 0.848. The molecule has 0 aromatic heterocycles. The lowest BCUT2D eigenvalue weighted by atomic mass is 10.0. The second-order valence-electron chi connectivity index (χ2n) is 4.77. The number of nitrogens with one attached hydrogen (secondary N) is 2. The number of carbonyl (C=O) groups excluding carboxylic acids is 1. The maximum Gasteiger partial charge on any atom is 0.236 e. The van der Waals surface area contributed by atoms with Gasteiger partial charge in [0.25, 0.3) is 0 Å². The first-order valence-electron chi connectivity index (χ1n) is 6.23. The SMILES string of the molecule is CNC(=O)C(CC(C)C)NCc1ccccc1Br. The van der Waals surface area contributed by atoms with Crippen LogP contribution in [0.5, 0.6) is 0 Å². The van der Waals surface area contributed by atoms with Gasteiger partial charge in [0.1, 0.15) is 0 Å². The summed E-state index contributed by atoms with van der Waals surface area (Å²) in [4.78, 5) is 11.8. The van der Waals surface area contributed by atoms with Gasteiger partial charge in [0.2, 0.25) is 5.91 Å². The van der Waals surface area contributed by atoms with E-state index >= 15 is 0 Å². The molecule has 0 saturated heterocycles. The molecule has 18 heavy (non-hydrogen) atoms. The third-order valence-corrected chi connectivity index (χ3v) is 3.54. The van der Waals surface area contributed by atoms with Crippen LogP contribution in [0, 0.1) is 5.92 Å². The molecule has 1 unspecified atom stereocenters. The van der Waals surface area contributed by atoms with Crippen LogP contribution < -0.4 is 10.6 Å². The van der Waals surface area contributed by atoms with E-state index < -0.39 is 0 Å². The Hall–Kier alpha value is -0.870. The summed E-state index contributed by atoms with van der Waals surface area (Å²) >= 11 is 3.51. The molecule has 1 atom stereocenters. The fourth-order valence-corrected chi connectivity index (χ4v) is 2.23. The average molecular weight is 313 g/mol. The van der Waals surface area contributed by atoms with Crippen molar-refractivity contribution in [1.82, 2.24) is 10.6 Å². The Labute approximate surface area is 117 Å². The average Bonchev–Trinajstić information content (AvgIpc) is 2.34. The van der Waals surface area contributed by atoms with Crippen LogP contribution in [0.3, 0.4) is 0 Å². The van der Waals surface area contributed by atoms with Gasteiger partial charge >= 0.3 is 0 Å². The molecule has 1 aromatic carbocycles. The number of amides is 1. The molecule has 1 rings (SSSR count). The van der Waals surface area contributed by atoms with E-state index in [4.69, 9.17) is 0 Å². The van der Waals surface area contributed by atoms with Crippen molar-refractivity contribution in [2.75, 3.05) is 7.05 Å². The van der Waals surface area contributed by atoms with Crippen LogP contribution in [-0.2, 0) is 11.3 Å². The minimum Gasteiger partial charge on any atom is -0.358 e. The molecule has 3 nitrogen and oxygen atoms in total. The molecule has 0 spiro atoms. The molecule has 0 fully saturated rings. The minimum atomic E-state index is -0.137. The van der Waals surface area contributed by atoms with Crippen molar-refractivity contribution in [3.8, 4) is 0 Å². The number of halogens is 1. The van der Waals surface area contributed by atoms with Crippen molar-refractivity contribution in [3.63, 3.8) is 0 Å². The molecule has 4 heteroatoms. The van der Waals surface area contributed by atoms with E-state index in [0.29, 0.717) is 12.5 Å². The van der Waals surface area contributed by atoms with E-state index in [1.54, 1.807) is 7.05 Å². The van der Waals surface area contributed by atoms with Gasteiger partial charge in [-0.05, 0) is 24.0 Å². The fourth-order valence-electron chi connectivity index (χ4n) is 1.80. The first-order chi connectivity index (χ1) is 8.54. The Morgan fingerprint density at radius 1 is 1.33 bits per heavy atom. The lowest BCUT2D eigenvalue weighted by Gasteiger charge is -2.19. The van der Waals surface area contributed by atoms with Crippen LogP contribution in [0.25, 0.3) is 0 Å². The monoisotopic (exact) mass is 312 g/mol. The zero-order chi connectivity index (χ0) is 13.5. The normalized spacial score (nSPS) is 12.5. The molecular formula is C14H21BrN2O. The van der Waals surface area contributed by atoms with Crippen molar-refractivity contribution in [2.45, 2.75) is 32.9 Å².